The smallest absolute Gasteiger partial charge is 0.248 e. The number of anilines is 1. The molecule has 6 nitrogen and oxygen atoms in total. The quantitative estimate of drug-likeness (QED) is 0.268. The molecule has 0 spiro atoms. The van der Waals surface area contributed by atoms with Gasteiger partial charge in [0.2, 0.25) is 11.8 Å². The van der Waals surface area contributed by atoms with Crippen molar-refractivity contribution in [2.45, 2.75) is 0 Å². The number of carbonyl (C=O) groups is 1. The average Bonchev–Trinajstić information content (AvgIpc) is 3.50. The molecule has 5 rings (SSSR count). The number of nitrogens with zero attached hydrogens (tertiary/aromatic N) is 1. The van der Waals surface area contributed by atoms with E-state index in [2.05, 4.69) is 10.3 Å². The van der Waals surface area contributed by atoms with Crippen molar-refractivity contribution in [2.24, 2.45) is 0 Å². The van der Waals surface area contributed by atoms with Crippen LogP contribution in [0.2, 0.25) is 5.02 Å². The number of methoxy groups -OCH3 is 1. The summed E-state index contributed by atoms with van der Waals surface area (Å²) in [5.74, 6) is 2.17. The highest BCUT2D eigenvalue weighted by molar-refractivity contribution is 6.30. The molecule has 0 aliphatic heterocycles. The summed E-state index contributed by atoms with van der Waals surface area (Å²) in [6.45, 7) is 0. The second-order valence-corrected chi connectivity index (χ2v) is 7.90. The molecular formula is C27H19ClN2O4. The third kappa shape index (κ3) is 4.72. The lowest BCUT2D eigenvalue weighted by Crippen LogP contribution is -2.07. The van der Waals surface area contributed by atoms with Crippen LogP contribution in [0.15, 0.2) is 93.8 Å². The van der Waals surface area contributed by atoms with Crippen molar-refractivity contribution < 1.29 is 18.4 Å². The molecular weight excluding hydrogens is 452 g/mol. The third-order valence-corrected chi connectivity index (χ3v) is 5.38. The predicted molar refractivity (Wildman–Crippen MR) is 133 cm³/mol. The number of hydrogen-bond donors (Lipinski definition) is 1. The molecule has 0 bridgehead atoms. The van der Waals surface area contributed by atoms with Crippen molar-refractivity contribution in [3.8, 4) is 28.5 Å². The van der Waals surface area contributed by atoms with E-state index in [1.54, 1.807) is 49.6 Å². The number of nitrogens with one attached hydrogen (secondary N) is 1. The first kappa shape index (κ1) is 21.6. The average molecular weight is 471 g/mol. The maximum absolute atomic E-state index is 12.4. The molecule has 2 aromatic heterocycles. The van der Waals surface area contributed by atoms with E-state index in [0.717, 1.165) is 16.9 Å². The van der Waals surface area contributed by atoms with Crippen LogP contribution in [0.5, 0.6) is 5.75 Å². The Morgan fingerprint density at radius 3 is 2.65 bits per heavy atom. The summed E-state index contributed by atoms with van der Waals surface area (Å²) >= 11 is 5.93. The first-order chi connectivity index (χ1) is 16.6. The van der Waals surface area contributed by atoms with Crippen LogP contribution in [-0.2, 0) is 4.79 Å². The first-order valence-corrected chi connectivity index (χ1v) is 10.8. The first-order valence-electron chi connectivity index (χ1n) is 10.5. The number of ether oxygens (including phenoxy) is 1. The zero-order valence-electron chi connectivity index (χ0n) is 18.1. The standard InChI is InChI=1S/C27H19ClN2O4/c1-32-22-4-2-3-18(15-22)27-30-23-16-20(9-12-25(23)34-27)29-26(31)14-11-21-10-13-24(33-21)17-5-7-19(28)8-6-17/h2-16H,1H3,(H,29,31)/b14-11+. The Labute approximate surface area is 200 Å². The zero-order valence-corrected chi connectivity index (χ0v) is 18.9. The van der Waals surface area contributed by atoms with Crippen molar-refractivity contribution in [3.63, 3.8) is 0 Å². The molecule has 0 fully saturated rings. The highest BCUT2D eigenvalue weighted by atomic mass is 35.5. The normalized spacial score (nSPS) is 11.2. The minimum absolute atomic E-state index is 0.291. The second-order valence-electron chi connectivity index (χ2n) is 7.46. The second kappa shape index (κ2) is 9.29. The summed E-state index contributed by atoms with van der Waals surface area (Å²) in [6.07, 6.45) is 3.03. The number of fused-ring (bicyclic) bond motifs is 1. The maximum atomic E-state index is 12.4. The lowest BCUT2D eigenvalue weighted by Gasteiger charge is -2.00. The Balaban J connectivity index is 1.28. The van der Waals surface area contributed by atoms with Crippen molar-refractivity contribution in [1.82, 2.24) is 4.98 Å². The molecule has 168 valence electrons. The zero-order chi connectivity index (χ0) is 23.5. The summed E-state index contributed by atoms with van der Waals surface area (Å²) in [4.78, 5) is 17.0. The van der Waals surface area contributed by atoms with Gasteiger partial charge >= 0.3 is 0 Å². The largest absolute Gasteiger partial charge is 0.497 e. The Kier molecular flexibility index (Phi) is 5.89. The van der Waals surface area contributed by atoms with E-state index in [1.807, 2.05) is 42.5 Å². The fourth-order valence-electron chi connectivity index (χ4n) is 3.44. The van der Waals surface area contributed by atoms with Crippen LogP contribution in [0.4, 0.5) is 5.69 Å². The number of aromatic nitrogens is 1. The van der Waals surface area contributed by atoms with Crippen molar-refractivity contribution in [2.75, 3.05) is 12.4 Å². The van der Waals surface area contributed by atoms with Crippen LogP contribution in [0.25, 0.3) is 40.0 Å². The number of furan rings is 1. The van der Waals surface area contributed by atoms with Crippen molar-refractivity contribution in [1.29, 1.82) is 0 Å². The van der Waals surface area contributed by atoms with E-state index in [0.29, 0.717) is 39.2 Å². The molecule has 0 saturated carbocycles. The van der Waals surface area contributed by atoms with Crippen molar-refractivity contribution >= 4 is 40.4 Å². The number of hydrogen-bond acceptors (Lipinski definition) is 5. The van der Waals surface area contributed by atoms with Gasteiger partial charge in [0.15, 0.2) is 5.58 Å². The summed E-state index contributed by atoms with van der Waals surface area (Å²) in [5.41, 5.74) is 3.58. The van der Waals surface area contributed by atoms with Crippen LogP contribution in [-0.4, -0.2) is 18.0 Å². The summed E-state index contributed by atoms with van der Waals surface area (Å²) < 4.78 is 16.9. The molecule has 3 aromatic carbocycles. The van der Waals surface area contributed by atoms with Crippen LogP contribution in [0.3, 0.4) is 0 Å². The van der Waals surface area contributed by atoms with Gasteiger partial charge in [-0.1, -0.05) is 17.7 Å². The lowest BCUT2D eigenvalue weighted by atomic mass is 10.2. The number of carbonyl (C=O) groups excluding carboxylic acids is 1. The van der Waals surface area contributed by atoms with Gasteiger partial charge in [0, 0.05) is 27.9 Å². The lowest BCUT2D eigenvalue weighted by molar-refractivity contribution is -0.111. The molecule has 1 N–H and O–H groups in total. The highest BCUT2D eigenvalue weighted by Crippen LogP contribution is 2.28. The van der Waals surface area contributed by atoms with Gasteiger partial charge in [-0.05, 0) is 78.9 Å². The van der Waals surface area contributed by atoms with Gasteiger partial charge in [0.1, 0.15) is 22.8 Å². The molecule has 1 amide bonds. The monoisotopic (exact) mass is 470 g/mol. The SMILES string of the molecule is COc1cccc(-c2nc3cc(NC(=O)/C=C/c4ccc(-c5ccc(Cl)cc5)o4)ccc3o2)c1. The van der Waals surface area contributed by atoms with Crippen molar-refractivity contribution in [3.05, 3.63) is 95.7 Å². The van der Waals surface area contributed by atoms with Crippen LogP contribution < -0.4 is 10.1 Å². The molecule has 0 saturated heterocycles. The van der Waals surface area contributed by atoms with Gasteiger partial charge in [-0.3, -0.25) is 4.79 Å². The topological polar surface area (TPSA) is 77.5 Å². The fourth-order valence-corrected chi connectivity index (χ4v) is 3.56. The molecule has 0 unspecified atom stereocenters. The van der Waals surface area contributed by atoms with Crippen LogP contribution in [0, 0.1) is 0 Å². The Hall–Kier alpha value is -4.29. The van der Waals surface area contributed by atoms with E-state index < -0.39 is 0 Å². The molecule has 2 heterocycles. The van der Waals surface area contributed by atoms with Gasteiger partial charge in [-0.25, -0.2) is 4.98 Å². The number of amides is 1. The van der Waals surface area contributed by atoms with Gasteiger partial charge in [0.25, 0.3) is 0 Å². The Bertz CT molecular complexity index is 1500. The summed E-state index contributed by atoms with van der Waals surface area (Å²) in [7, 11) is 1.61. The van der Waals surface area contributed by atoms with E-state index in [-0.39, 0.29) is 5.91 Å². The minimum atomic E-state index is -0.291. The fraction of sp³-hybridized carbons (Fsp3) is 0.0370. The number of oxazole rings is 1. The minimum Gasteiger partial charge on any atom is -0.497 e. The van der Waals surface area contributed by atoms with E-state index >= 15 is 0 Å². The van der Waals surface area contributed by atoms with E-state index in [9.17, 15) is 4.79 Å². The summed E-state index contributed by atoms with van der Waals surface area (Å²) in [6, 6.07) is 23.8. The molecule has 34 heavy (non-hydrogen) atoms. The van der Waals surface area contributed by atoms with Gasteiger partial charge in [-0.15, -0.1) is 0 Å². The molecule has 0 atom stereocenters. The summed E-state index contributed by atoms with van der Waals surface area (Å²) in [5, 5.41) is 3.49. The van der Waals surface area contributed by atoms with Gasteiger partial charge < -0.3 is 18.9 Å². The van der Waals surface area contributed by atoms with E-state index in [1.165, 1.54) is 6.08 Å². The number of rotatable bonds is 6. The molecule has 0 aliphatic carbocycles. The van der Waals surface area contributed by atoms with E-state index in [4.69, 9.17) is 25.2 Å². The molecule has 5 aromatic rings. The Morgan fingerprint density at radius 1 is 0.971 bits per heavy atom. The van der Waals surface area contributed by atoms with Gasteiger partial charge in [-0.2, -0.15) is 0 Å². The third-order valence-electron chi connectivity index (χ3n) is 5.13. The highest BCUT2D eigenvalue weighted by Gasteiger charge is 2.10. The van der Waals surface area contributed by atoms with Gasteiger partial charge in [0.05, 0.1) is 7.11 Å². The van der Waals surface area contributed by atoms with Crippen LogP contribution in [0.1, 0.15) is 5.76 Å². The predicted octanol–water partition coefficient (Wildman–Crippen LogP) is 7.07. The molecule has 0 radical (unpaired) electrons. The number of halogens is 1. The molecule has 0 aliphatic rings. The van der Waals surface area contributed by atoms with Crippen LogP contribution >= 0.6 is 11.6 Å². The Morgan fingerprint density at radius 2 is 1.82 bits per heavy atom. The number of benzene rings is 3. The maximum Gasteiger partial charge on any atom is 0.248 e. The molecule has 7 heteroatoms.